The first kappa shape index (κ1) is 13.1. The molecular formula is C11H14N2O4. The zero-order chi connectivity index (χ0) is 12.8. The molecule has 1 heterocycles. The summed E-state index contributed by atoms with van der Waals surface area (Å²) in [4.78, 5) is 25.8. The van der Waals surface area contributed by atoms with Crippen molar-refractivity contribution in [2.75, 3.05) is 6.54 Å². The quantitative estimate of drug-likeness (QED) is 0.668. The topological polar surface area (TPSA) is 99.5 Å². The Morgan fingerprint density at radius 1 is 1.47 bits per heavy atom. The molecule has 1 rings (SSSR count). The largest absolute Gasteiger partial charge is 0.479 e. The Morgan fingerprint density at radius 3 is 2.71 bits per heavy atom. The molecule has 0 aromatic carbocycles. The van der Waals surface area contributed by atoms with Crippen molar-refractivity contribution in [2.45, 2.75) is 19.4 Å². The van der Waals surface area contributed by atoms with Crippen LogP contribution < -0.4 is 5.32 Å². The fourth-order valence-corrected chi connectivity index (χ4v) is 1.15. The molecule has 1 aromatic heterocycles. The normalized spacial score (nSPS) is 11.9. The number of pyridine rings is 1. The number of rotatable bonds is 5. The highest BCUT2D eigenvalue weighted by molar-refractivity contribution is 5.93. The lowest BCUT2D eigenvalue weighted by Crippen LogP contribution is -2.30. The van der Waals surface area contributed by atoms with Gasteiger partial charge in [-0.05, 0) is 19.1 Å². The van der Waals surface area contributed by atoms with Crippen LogP contribution in [0.3, 0.4) is 0 Å². The summed E-state index contributed by atoms with van der Waals surface area (Å²) in [5.74, 6) is -1.63. The number of nitrogens with one attached hydrogen (secondary N) is 1. The molecule has 92 valence electrons. The van der Waals surface area contributed by atoms with Gasteiger partial charge in [0.2, 0.25) is 0 Å². The number of carbonyl (C=O) groups is 2. The average Bonchev–Trinajstić information content (AvgIpc) is 2.29. The number of amides is 1. The minimum atomic E-state index is -1.45. The van der Waals surface area contributed by atoms with Gasteiger partial charge in [-0.1, -0.05) is 0 Å². The van der Waals surface area contributed by atoms with E-state index in [0.717, 1.165) is 5.69 Å². The zero-order valence-corrected chi connectivity index (χ0v) is 9.38. The summed E-state index contributed by atoms with van der Waals surface area (Å²) in [7, 11) is 0. The van der Waals surface area contributed by atoms with E-state index in [0.29, 0.717) is 5.56 Å². The fourth-order valence-electron chi connectivity index (χ4n) is 1.15. The smallest absolute Gasteiger partial charge is 0.332 e. The van der Waals surface area contributed by atoms with Gasteiger partial charge in [-0.15, -0.1) is 0 Å². The van der Waals surface area contributed by atoms with Gasteiger partial charge in [0.25, 0.3) is 5.91 Å². The molecule has 0 saturated carbocycles. The van der Waals surface area contributed by atoms with Crippen LogP contribution in [-0.4, -0.2) is 39.7 Å². The molecule has 3 N–H and O–H groups in total. The number of carboxylic acids is 1. The van der Waals surface area contributed by atoms with E-state index in [1.807, 2.05) is 6.92 Å². The Bertz CT molecular complexity index is 402. The van der Waals surface area contributed by atoms with Crippen LogP contribution in [-0.2, 0) is 4.79 Å². The van der Waals surface area contributed by atoms with Gasteiger partial charge < -0.3 is 15.5 Å². The fraction of sp³-hybridized carbons (Fsp3) is 0.364. The van der Waals surface area contributed by atoms with Crippen LogP contribution in [0.2, 0.25) is 0 Å². The third-order valence-corrected chi connectivity index (χ3v) is 2.16. The Hall–Kier alpha value is -1.95. The molecule has 0 aliphatic carbocycles. The summed E-state index contributed by atoms with van der Waals surface area (Å²) in [6.45, 7) is 1.91. The maximum atomic E-state index is 11.5. The summed E-state index contributed by atoms with van der Waals surface area (Å²) in [6.07, 6.45) is -0.0370. The van der Waals surface area contributed by atoms with Gasteiger partial charge in [-0.2, -0.15) is 0 Å². The molecule has 0 aliphatic rings. The van der Waals surface area contributed by atoms with Gasteiger partial charge >= 0.3 is 5.97 Å². The van der Waals surface area contributed by atoms with E-state index >= 15 is 0 Å². The summed E-state index contributed by atoms with van der Waals surface area (Å²) >= 11 is 0. The monoisotopic (exact) mass is 238 g/mol. The molecule has 0 fully saturated rings. The third kappa shape index (κ3) is 4.20. The highest BCUT2D eigenvalue weighted by atomic mass is 16.4. The van der Waals surface area contributed by atoms with Crippen LogP contribution in [0.15, 0.2) is 18.3 Å². The Balaban J connectivity index is 2.40. The van der Waals surface area contributed by atoms with Crippen molar-refractivity contribution in [3.05, 3.63) is 29.6 Å². The number of aromatic nitrogens is 1. The van der Waals surface area contributed by atoms with E-state index in [9.17, 15) is 9.59 Å². The predicted octanol–water partition coefficient (Wildman–Crippen LogP) is -0.0446. The van der Waals surface area contributed by atoms with E-state index in [-0.39, 0.29) is 18.9 Å². The maximum absolute atomic E-state index is 11.5. The van der Waals surface area contributed by atoms with Crippen molar-refractivity contribution in [1.82, 2.24) is 10.3 Å². The molecule has 17 heavy (non-hydrogen) atoms. The summed E-state index contributed by atoms with van der Waals surface area (Å²) in [6, 6.07) is 3.34. The molecule has 0 spiro atoms. The van der Waals surface area contributed by atoms with Crippen LogP contribution in [0.4, 0.5) is 0 Å². The maximum Gasteiger partial charge on any atom is 0.332 e. The zero-order valence-electron chi connectivity index (χ0n) is 9.38. The first-order valence-electron chi connectivity index (χ1n) is 5.12. The SMILES string of the molecule is Cc1ccc(C(=O)NCCC(O)C(=O)O)cn1. The Kier molecular flexibility index (Phi) is 4.59. The number of aliphatic hydroxyl groups excluding tert-OH is 1. The van der Waals surface area contributed by atoms with Crippen LogP contribution in [0, 0.1) is 6.92 Å². The number of nitrogens with zero attached hydrogens (tertiary/aromatic N) is 1. The number of aliphatic hydroxyl groups is 1. The van der Waals surface area contributed by atoms with Crippen molar-refractivity contribution < 1.29 is 19.8 Å². The highest BCUT2D eigenvalue weighted by Crippen LogP contribution is 1.99. The van der Waals surface area contributed by atoms with Gasteiger partial charge in [-0.25, -0.2) is 4.79 Å². The number of carbonyl (C=O) groups excluding carboxylic acids is 1. The molecule has 0 aliphatic heterocycles. The standard InChI is InChI=1S/C11H14N2O4/c1-7-2-3-8(6-13-7)10(15)12-5-4-9(14)11(16)17/h2-3,6,9,14H,4-5H2,1H3,(H,12,15)(H,16,17). The molecule has 6 nitrogen and oxygen atoms in total. The Morgan fingerprint density at radius 2 is 2.18 bits per heavy atom. The van der Waals surface area contributed by atoms with E-state index in [1.54, 1.807) is 12.1 Å². The van der Waals surface area contributed by atoms with Crippen LogP contribution in [0.1, 0.15) is 22.5 Å². The molecule has 1 atom stereocenters. The van der Waals surface area contributed by atoms with Gasteiger partial charge in [0, 0.05) is 24.9 Å². The first-order valence-corrected chi connectivity index (χ1v) is 5.12. The molecule has 1 amide bonds. The molecular weight excluding hydrogens is 224 g/mol. The van der Waals surface area contributed by atoms with Crippen LogP contribution in [0.5, 0.6) is 0 Å². The van der Waals surface area contributed by atoms with Crippen molar-refractivity contribution in [3.8, 4) is 0 Å². The van der Waals surface area contributed by atoms with Crippen molar-refractivity contribution in [3.63, 3.8) is 0 Å². The lowest BCUT2D eigenvalue weighted by molar-refractivity contribution is -0.146. The first-order chi connectivity index (χ1) is 8.00. The molecule has 1 unspecified atom stereocenters. The number of hydrogen-bond donors (Lipinski definition) is 3. The highest BCUT2D eigenvalue weighted by Gasteiger charge is 2.13. The number of aliphatic carboxylic acids is 1. The van der Waals surface area contributed by atoms with E-state index in [4.69, 9.17) is 10.2 Å². The second-order valence-electron chi connectivity index (χ2n) is 3.59. The minimum Gasteiger partial charge on any atom is -0.479 e. The third-order valence-electron chi connectivity index (χ3n) is 2.16. The minimum absolute atomic E-state index is 0.0274. The van der Waals surface area contributed by atoms with Gasteiger partial charge in [0.05, 0.1) is 5.56 Å². The summed E-state index contributed by atoms with van der Waals surface area (Å²) in [5.41, 5.74) is 1.21. The summed E-state index contributed by atoms with van der Waals surface area (Å²) in [5, 5.41) is 19.9. The average molecular weight is 238 g/mol. The van der Waals surface area contributed by atoms with Crippen molar-refractivity contribution >= 4 is 11.9 Å². The van der Waals surface area contributed by atoms with Crippen molar-refractivity contribution in [2.24, 2.45) is 0 Å². The lowest BCUT2D eigenvalue weighted by atomic mass is 10.2. The summed E-state index contributed by atoms with van der Waals surface area (Å²) < 4.78 is 0. The molecule has 6 heteroatoms. The Labute approximate surface area is 98.3 Å². The molecule has 0 radical (unpaired) electrons. The van der Waals surface area contributed by atoms with E-state index in [2.05, 4.69) is 10.3 Å². The number of aryl methyl sites for hydroxylation is 1. The molecule has 0 saturated heterocycles. The van der Waals surface area contributed by atoms with Gasteiger partial charge in [-0.3, -0.25) is 9.78 Å². The van der Waals surface area contributed by atoms with Crippen LogP contribution in [0.25, 0.3) is 0 Å². The lowest BCUT2D eigenvalue weighted by Gasteiger charge is -2.07. The van der Waals surface area contributed by atoms with Crippen LogP contribution >= 0.6 is 0 Å². The van der Waals surface area contributed by atoms with Gasteiger partial charge in [0.1, 0.15) is 0 Å². The molecule has 0 bridgehead atoms. The number of carboxylic acid groups (broad SMARTS) is 1. The van der Waals surface area contributed by atoms with E-state index < -0.39 is 12.1 Å². The van der Waals surface area contributed by atoms with E-state index in [1.165, 1.54) is 6.20 Å². The second kappa shape index (κ2) is 5.95. The van der Waals surface area contributed by atoms with Crippen molar-refractivity contribution in [1.29, 1.82) is 0 Å². The second-order valence-corrected chi connectivity index (χ2v) is 3.59. The predicted molar refractivity (Wildman–Crippen MR) is 59.6 cm³/mol. The number of hydrogen-bond acceptors (Lipinski definition) is 4. The van der Waals surface area contributed by atoms with Gasteiger partial charge in [0.15, 0.2) is 6.10 Å². The molecule has 1 aromatic rings.